The zero-order valence-corrected chi connectivity index (χ0v) is 11.1. The predicted molar refractivity (Wildman–Crippen MR) is 69.5 cm³/mol. The van der Waals surface area contributed by atoms with Crippen LogP contribution in [0, 0.1) is 17.7 Å². The number of hydrogen-bond donors (Lipinski definition) is 1. The van der Waals surface area contributed by atoms with Crippen LogP contribution in [0.25, 0.3) is 0 Å². The molecule has 0 spiro atoms. The molecule has 3 unspecified atom stereocenters. The van der Waals surface area contributed by atoms with E-state index in [-0.39, 0.29) is 5.82 Å². The highest BCUT2D eigenvalue weighted by Crippen LogP contribution is 2.44. The van der Waals surface area contributed by atoms with Crippen molar-refractivity contribution in [3.63, 3.8) is 0 Å². The van der Waals surface area contributed by atoms with Crippen LogP contribution < -0.4 is 5.73 Å². The fourth-order valence-electron chi connectivity index (χ4n) is 2.94. The standard InChI is InChI=1S/C14H19ClFN/c1-9-4-3-7-14(17,10(9)2)12-8-11(16)5-6-13(12)15/h5-6,8-10H,3-4,7,17H2,1-2H3. The van der Waals surface area contributed by atoms with E-state index in [1.54, 1.807) is 6.07 Å². The van der Waals surface area contributed by atoms with Crippen LogP contribution in [0.4, 0.5) is 4.39 Å². The van der Waals surface area contributed by atoms with Crippen molar-refractivity contribution in [1.29, 1.82) is 0 Å². The van der Waals surface area contributed by atoms with Crippen molar-refractivity contribution in [2.75, 3.05) is 0 Å². The molecular formula is C14H19ClFN. The molecule has 0 radical (unpaired) electrons. The topological polar surface area (TPSA) is 26.0 Å². The van der Waals surface area contributed by atoms with Crippen molar-refractivity contribution in [1.82, 2.24) is 0 Å². The molecule has 3 heteroatoms. The largest absolute Gasteiger partial charge is 0.321 e. The third-order valence-corrected chi connectivity index (χ3v) is 4.68. The lowest BCUT2D eigenvalue weighted by atomic mass is 9.66. The van der Waals surface area contributed by atoms with E-state index in [0.29, 0.717) is 16.9 Å². The number of rotatable bonds is 1. The van der Waals surface area contributed by atoms with E-state index >= 15 is 0 Å². The molecule has 0 amide bonds. The summed E-state index contributed by atoms with van der Waals surface area (Å²) in [5.41, 5.74) is 6.81. The average molecular weight is 256 g/mol. The first-order chi connectivity index (χ1) is 7.95. The van der Waals surface area contributed by atoms with Crippen LogP contribution in [0.2, 0.25) is 5.02 Å². The Hall–Kier alpha value is -0.600. The van der Waals surface area contributed by atoms with Crippen LogP contribution in [0.3, 0.4) is 0 Å². The van der Waals surface area contributed by atoms with Crippen LogP contribution in [0.1, 0.15) is 38.7 Å². The Morgan fingerprint density at radius 2 is 2.12 bits per heavy atom. The Morgan fingerprint density at radius 1 is 1.41 bits per heavy atom. The lowest BCUT2D eigenvalue weighted by Crippen LogP contribution is -2.48. The van der Waals surface area contributed by atoms with E-state index in [4.69, 9.17) is 17.3 Å². The highest BCUT2D eigenvalue weighted by Gasteiger charge is 2.40. The maximum Gasteiger partial charge on any atom is 0.123 e. The third kappa shape index (κ3) is 2.21. The van der Waals surface area contributed by atoms with Crippen LogP contribution in [0.5, 0.6) is 0 Å². The first-order valence-electron chi connectivity index (χ1n) is 6.19. The number of nitrogens with two attached hydrogens (primary N) is 1. The first-order valence-corrected chi connectivity index (χ1v) is 6.57. The molecule has 1 aliphatic rings. The van der Waals surface area contributed by atoms with Gasteiger partial charge in [0.05, 0.1) is 0 Å². The Balaban J connectivity index is 2.46. The summed E-state index contributed by atoms with van der Waals surface area (Å²) >= 11 is 6.19. The Bertz CT molecular complexity index is 421. The van der Waals surface area contributed by atoms with Crippen LogP contribution in [-0.2, 0) is 5.54 Å². The molecule has 3 atom stereocenters. The molecule has 2 rings (SSSR count). The SMILES string of the molecule is CC1CCCC(N)(c2cc(F)ccc2Cl)C1C. The molecule has 1 nitrogen and oxygen atoms in total. The molecule has 1 aliphatic carbocycles. The second kappa shape index (κ2) is 4.58. The molecule has 0 saturated heterocycles. The summed E-state index contributed by atoms with van der Waals surface area (Å²) in [4.78, 5) is 0. The molecule has 0 aliphatic heterocycles. The van der Waals surface area contributed by atoms with E-state index in [0.717, 1.165) is 18.4 Å². The van der Waals surface area contributed by atoms with E-state index in [1.807, 2.05) is 0 Å². The lowest BCUT2D eigenvalue weighted by Gasteiger charge is -2.44. The van der Waals surface area contributed by atoms with Crippen molar-refractivity contribution in [3.05, 3.63) is 34.6 Å². The van der Waals surface area contributed by atoms with Gasteiger partial charge in [-0.3, -0.25) is 0 Å². The highest BCUT2D eigenvalue weighted by atomic mass is 35.5. The van der Waals surface area contributed by atoms with Gasteiger partial charge in [0.25, 0.3) is 0 Å². The van der Waals surface area contributed by atoms with Gasteiger partial charge in [0.2, 0.25) is 0 Å². The van der Waals surface area contributed by atoms with E-state index in [1.165, 1.54) is 18.6 Å². The van der Waals surface area contributed by atoms with E-state index in [2.05, 4.69) is 13.8 Å². The van der Waals surface area contributed by atoms with Gasteiger partial charge < -0.3 is 5.73 Å². The normalized spacial score (nSPS) is 33.7. The molecule has 94 valence electrons. The first kappa shape index (κ1) is 12.8. The molecule has 0 heterocycles. The summed E-state index contributed by atoms with van der Waals surface area (Å²) in [6.45, 7) is 4.35. The van der Waals surface area contributed by atoms with Crippen molar-refractivity contribution < 1.29 is 4.39 Å². The molecule has 1 aromatic carbocycles. The lowest BCUT2D eigenvalue weighted by molar-refractivity contribution is 0.143. The number of benzene rings is 1. The Labute approximate surface area is 107 Å². The fraction of sp³-hybridized carbons (Fsp3) is 0.571. The van der Waals surface area contributed by atoms with Gasteiger partial charge in [-0.2, -0.15) is 0 Å². The van der Waals surface area contributed by atoms with Crippen molar-refractivity contribution >= 4 is 11.6 Å². The second-order valence-corrected chi connectivity index (χ2v) is 5.73. The van der Waals surface area contributed by atoms with Crippen molar-refractivity contribution in [2.24, 2.45) is 17.6 Å². The fourth-order valence-corrected chi connectivity index (χ4v) is 3.23. The summed E-state index contributed by atoms with van der Waals surface area (Å²) < 4.78 is 13.4. The molecule has 1 saturated carbocycles. The zero-order valence-electron chi connectivity index (χ0n) is 10.3. The third-order valence-electron chi connectivity index (χ3n) is 4.35. The Kier molecular flexibility index (Phi) is 3.46. The minimum atomic E-state index is -0.489. The van der Waals surface area contributed by atoms with Crippen LogP contribution in [-0.4, -0.2) is 0 Å². The van der Waals surface area contributed by atoms with Gasteiger partial charge in [-0.15, -0.1) is 0 Å². The van der Waals surface area contributed by atoms with Gasteiger partial charge in [0, 0.05) is 10.6 Å². The van der Waals surface area contributed by atoms with Gasteiger partial charge in [-0.05, 0) is 42.0 Å². The van der Waals surface area contributed by atoms with E-state index in [9.17, 15) is 4.39 Å². The minimum absolute atomic E-state index is 0.264. The van der Waals surface area contributed by atoms with Gasteiger partial charge >= 0.3 is 0 Å². The summed E-state index contributed by atoms with van der Waals surface area (Å²) in [5, 5.41) is 0.579. The second-order valence-electron chi connectivity index (χ2n) is 5.32. The summed E-state index contributed by atoms with van der Waals surface area (Å²) in [6.07, 6.45) is 3.14. The van der Waals surface area contributed by atoms with Crippen LogP contribution in [0.15, 0.2) is 18.2 Å². The summed E-state index contributed by atoms with van der Waals surface area (Å²) in [7, 11) is 0. The molecule has 1 fully saturated rings. The van der Waals surface area contributed by atoms with Gasteiger partial charge in [-0.25, -0.2) is 4.39 Å². The molecule has 0 bridgehead atoms. The summed E-state index contributed by atoms with van der Waals surface area (Å²) in [6, 6.07) is 4.48. The summed E-state index contributed by atoms with van der Waals surface area (Å²) in [5.74, 6) is 0.600. The quantitative estimate of drug-likeness (QED) is 0.804. The van der Waals surface area contributed by atoms with Gasteiger partial charge in [0.1, 0.15) is 5.82 Å². The monoisotopic (exact) mass is 255 g/mol. The van der Waals surface area contributed by atoms with Crippen molar-refractivity contribution in [3.8, 4) is 0 Å². The smallest absolute Gasteiger partial charge is 0.123 e. The van der Waals surface area contributed by atoms with E-state index < -0.39 is 5.54 Å². The van der Waals surface area contributed by atoms with Crippen molar-refractivity contribution in [2.45, 2.75) is 38.6 Å². The molecule has 17 heavy (non-hydrogen) atoms. The molecule has 1 aromatic rings. The number of halogens is 2. The highest BCUT2D eigenvalue weighted by molar-refractivity contribution is 6.31. The molecule has 0 aromatic heterocycles. The minimum Gasteiger partial charge on any atom is -0.321 e. The van der Waals surface area contributed by atoms with Gasteiger partial charge in [0.15, 0.2) is 0 Å². The average Bonchev–Trinajstić information content (AvgIpc) is 2.29. The Morgan fingerprint density at radius 3 is 2.82 bits per heavy atom. The zero-order chi connectivity index (χ0) is 12.6. The maximum atomic E-state index is 13.4. The predicted octanol–water partition coefficient (Wildman–Crippen LogP) is 4.09. The molecular weight excluding hydrogens is 237 g/mol. The number of hydrogen-bond acceptors (Lipinski definition) is 1. The van der Waals surface area contributed by atoms with Crippen LogP contribution >= 0.6 is 11.6 Å². The van der Waals surface area contributed by atoms with Gasteiger partial charge in [-0.1, -0.05) is 38.3 Å². The molecule has 2 N–H and O–H groups in total. The maximum absolute atomic E-state index is 13.4.